The Labute approximate surface area is 126 Å². The van der Waals surface area contributed by atoms with E-state index in [0.717, 1.165) is 43.8 Å². The Morgan fingerprint density at radius 3 is 2.81 bits per heavy atom. The summed E-state index contributed by atoms with van der Waals surface area (Å²) in [5.74, 6) is 3.18. The highest BCUT2D eigenvalue weighted by Gasteiger charge is 2.21. The topological polar surface area (TPSA) is 24.5 Å². The van der Waals surface area contributed by atoms with Crippen molar-refractivity contribution in [1.29, 1.82) is 0 Å². The van der Waals surface area contributed by atoms with Crippen LogP contribution in [0.15, 0.2) is 18.2 Å². The Hall–Kier alpha value is -1.57. The summed E-state index contributed by atoms with van der Waals surface area (Å²) in [5, 5.41) is 3.57. The number of halogens is 1. The second kappa shape index (κ2) is 7.44. The molecule has 1 atom stereocenters. The van der Waals surface area contributed by atoms with E-state index in [9.17, 15) is 4.39 Å². The van der Waals surface area contributed by atoms with Crippen molar-refractivity contribution in [2.24, 2.45) is 0 Å². The first-order valence-electron chi connectivity index (χ1n) is 7.39. The van der Waals surface area contributed by atoms with E-state index in [0.29, 0.717) is 6.04 Å². The van der Waals surface area contributed by atoms with E-state index in [2.05, 4.69) is 16.1 Å². The maximum atomic E-state index is 13.4. The fourth-order valence-corrected chi connectivity index (χ4v) is 2.87. The number of piperidine rings is 1. The number of nitrogens with one attached hydrogen (secondary N) is 1. The molecule has 3 nitrogen and oxygen atoms in total. The number of benzene rings is 1. The van der Waals surface area contributed by atoms with Crippen LogP contribution in [0.25, 0.3) is 0 Å². The van der Waals surface area contributed by atoms with Crippen LogP contribution in [0.3, 0.4) is 0 Å². The van der Waals surface area contributed by atoms with E-state index in [1.54, 1.807) is 19.2 Å². The summed E-state index contributed by atoms with van der Waals surface area (Å²) in [5.41, 5.74) is 0.864. The van der Waals surface area contributed by atoms with Crippen molar-refractivity contribution in [3.63, 3.8) is 0 Å². The van der Waals surface area contributed by atoms with Crippen LogP contribution in [0.1, 0.15) is 31.4 Å². The molecule has 1 saturated heterocycles. The molecule has 1 heterocycles. The molecule has 4 heteroatoms. The van der Waals surface area contributed by atoms with Gasteiger partial charge in [-0.05, 0) is 38.0 Å². The fourth-order valence-electron chi connectivity index (χ4n) is 2.87. The van der Waals surface area contributed by atoms with Gasteiger partial charge in [0, 0.05) is 30.7 Å². The molecule has 0 bridgehead atoms. The predicted octanol–water partition coefficient (Wildman–Crippen LogP) is 2.58. The van der Waals surface area contributed by atoms with Gasteiger partial charge in [-0.2, -0.15) is 0 Å². The Morgan fingerprint density at radius 1 is 1.48 bits per heavy atom. The Bertz CT molecular complexity index is 504. The molecule has 2 rings (SSSR count). The second-order valence-electron chi connectivity index (χ2n) is 5.53. The van der Waals surface area contributed by atoms with E-state index >= 15 is 0 Å². The van der Waals surface area contributed by atoms with Crippen LogP contribution in [0, 0.1) is 18.2 Å². The quantitative estimate of drug-likeness (QED) is 0.844. The molecule has 1 unspecified atom stereocenters. The summed E-state index contributed by atoms with van der Waals surface area (Å²) in [6, 6.07) is 5.14. The van der Waals surface area contributed by atoms with E-state index in [4.69, 9.17) is 11.2 Å². The smallest absolute Gasteiger partial charge is 0.123 e. The van der Waals surface area contributed by atoms with Crippen molar-refractivity contribution in [2.45, 2.75) is 31.8 Å². The minimum absolute atomic E-state index is 0.0554. The molecule has 1 aliphatic rings. The number of methoxy groups -OCH3 is 1. The standard InChI is InChI=1S/C17H23FN2O/c1-4-9-20-10-7-15(8-11-20)19-13(2)16-12-14(18)5-6-17(16)21-3/h1,5-6,12-13,15,19H,7-11H2,2-3H3. The average Bonchev–Trinajstić information content (AvgIpc) is 2.49. The van der Waals surface area contributed by atoms with Crippen LogP contribution in [-0.2, 0) is 0 Å². The van der Waals surface area contributed by atoms with Crippen molar-refractivity contribution in [2.75, 3.05) is 26.7 Å². The zero-order chi connectivity index (χ0) is 15.2. The number of hydrogen-bond donors (Lipinski definition) is 1. The van der Waals surface area contributed by atoms with E-state index in [-0.39, 0.29) is 11.9 Å². The van der Waals surface area contributed by atoms with Gasteiger partial charge in [-0.15, -0.1) is 6.42 Å². The summed E-state index contributed by atoms with van der Waals surface area (Å²) in [6.45, 7) is 4.79. The third-order valence-electron chi connectivity index (χ3n) is 4.05. The van der Waals surface area contributed by atoms with Crippen molar-refractivity contribution < 1.29 is 9.13 Å². The molecule has 1 fully saturated rings. The molecule has 114 valence electrons. The average molecular weight is 290 g/mol. The van der Waals surface area contributed by atoms with Crippen LogP contribution in [0.4, 0.5) is 4.39 Å². The molecule has 1 aromatic carbocycles. The van der Waals surface area contributed by atoms with Gasteiger partial charge in [0.15, 0.2) is 0 Å². The first-order valence-corrected chi connectivity index (χ1v) is 7.39. The maximum Gasteiger partial charge on any atom is 0.123 e. The predicted molar refractivity (Wildman–Crippen MR) is 82.8 cm³/mol. The lowest BCUT2D eigenvalue weighted by molar-refractivity contribution is 0.210. The Kier molecular flexibility index (Phi) is 5.60. The van der Waals surface area contributed by atoms with Gasteiger partial charge >= 0.3 is 0 Å². The highest BCUT2D eigenvalue weighted by atomic mass is 19.1. The van der Waals surface area contributed by atoms with Gasteiger partial charge in [0.25, 0.3) is 0 Å². The molecular formula is C17H23FN2O. The highest BCUT2D eigenvalue weighted by Crippen LogP contribution is 2.27. The molecule has 0 aliphatic carbocycles. The van der Waals surface area contributed by atoms with Gasteiger partial charge < -0.3 is 10.1 Å². The molecule has 0 aromatic heterocycles. The van der Waals surface area contributed by atoms with Crippen molar-refractivity contribution in [3.8, 4) is 18.1 Å². The summed E-state index contributed by atoms with van der Waals surface area (Å²) < 4.78 is 18.8. The number of terminal acetylenes is 1. The van der Waals surface area contributed by atoms with Crippen LogP contribution in [0.5, 0.6) is 5.75 Å². The van der Waals surface area contributed by atoms with Crippen LogP contribution in [0.2, 0.25) is 0 Å². The molecule has 0 spiro atoms. The van der Waals surface area contributed by atoms with Gasteiger partial charge in [-0.25, -0.2) is 4.39 Å². The monoisotopic (exact) mass is 290 g/mol. The summed E-state index contributed by atoms with van der Waals surface area (Å²) in [7, 11) is 1.61. The molecular weight excluding hydrogens is 267 g/mol. The molecule has 1 aliphatic heterocycles. The second-order valence-corrected chi connectivity index (χ2v) is 5.53. The first kappa shape index (κ1) is 15.8. The normalized spacial score (nSPS) is 18.2. The number of nitrogens with zero attached hydrogens (tertiary/aromatic N) is 1. The van der Waals surface area contributed by atoms with E-state index in [1.165, 1.54) is 6.07 Å². The number of hydrogen-bond acceptors (Lipinski definition) is 3. The van der Waals surface area contributed by atoms with Crippen LogP contribution < -0.4 is 10.1 Å². The maximum absolute atomic E-state index is 13.4. The minimum Gasteiger partial charge on any atom is -0.496 e. The first-order chi connectivity index (χ1) is 10.1. The third-order valence-corrected chi connectivity index (χ3v) is 4.05. The zero-order valence-corrected chi connectivity index (χ0v) is 12.7. The fraction of sp³-hybridized carbons (Fsp3) is 0.529. The number of ether oxygens (including phenoxy) is 1. The summed E-state index contributed by atoms with van der Waals surface area (Å²) in [4.78, 5) is 2.28. The lowest BCUT2D eigenvalue weighted by Gasteiger charge is -2.33. The molecule has 0 saturated carbocycles. The van der Waals surface area contributed by atoms with Crippen LogP contribution >= 0.6 is 0 Å². The molecule has 0 amide bonds. The third kappa shape index (κ3) is 4.20. The molecule has 21 heavy (non-hydrogen) atoms. The van der Waals surface area contributed by atoms with Gasteiger partial charge in [0.2, 0.25) is 0 Å². The van der Waals surface area contributed by atoms with E-state index < -0.39 is 0 Å². The Balaban J connectivity index is 1.95. The van der Waals surface area contributed by atoms with Crippen LogP contribution in [-0.4, -0.2) is 37.7 Å². The molecule has 1 N–H and O–H groups in total. The van der Waals surface area contributed by atoms with Crippen molar-refractivity contribution >= 4 is 0 Å². The molecule has 1 aromatic rings. The van der Waals surface area contributed by atoms with Gasteiger partial charge in [-0.3, -0.25) is 4.90 Å². The van der Waals surface area contributed by atoms with E-state index in [1.807, 2.05) is 6.92 Å². The van der Waals surface area contributed by atoms with Crippen molar-refractivity contribution in [3.05, 3.63) is 29.6 Å². The summed E-state index contributed by atoms with van der Waals surface area (Å²) in [6.07, 6.45) is 7.46. The molecule has 0 radical (unpaired) electrons. The Morgan fingerprint density at radius 2 is 2.19 bits per heavy atom. The number of rotatable bonds is 5. The van der Waals surface area contributed by atoms with Gasteiger partial charge in [-0.1, -0.05) is 5.92 Å². The minimum atomic E-state index is -0.233. The van der Waals surface area contributed by atoms with Crippen molar-refractivity contribution in [1.82, 2.24) is 10.2 Å². The SMILES string of the molecule is C#CCN1CCC(NC(C)c2cc(F)ccc2OC)CC1. The van der Waals surface area contributed by atoms with Gasteiger partial charge in [0.1, 0.15) is 11.6 Å². The zero-order valence-electron chi connectivity index (χ0n) is 12.7. The lowest BCUT2D eigenvalue weighted by atomic mass is 10.0. The number of likely N-dealkylation sites (tertiary alicyclic amines) is 1. The summed E-state index contributed by atoms with van der Waals surface area (Å²) >= 11 is 0. The largest absolute Gasteiger partial charge is 0.496 e. The lowest BCUT2D eigenvalue weighted by Crippen LogP contribution is -2.43. The highest BCUT2D eigenvalue weighted by molar-refractivity contribution is 5.36. The van der Waals surface area contributed by atoms with Gasteiger partial charge in [0.05, 0.1) is 13.7 Å².